The fourth-order valence-corrected chi connectivity index (χ4v) is 4.72. The summed E-state index contributed by atoms with van der Waals surface area (Å²) in [5.41, 5.74) is 3.05. The molecule has 0 bridgehead atoms. The Morgan fingerprint density at radius 3 is 2.28 bits per heavy atom. The van der Waals surface area contributed by atoms with Gasteiger partial charge in [-0.05, 0) is 53.0 Å². The number of benzene rings is 1. The normalized spacial score (nSPS) is 23.3. The summed E-state index contributed by atoms with van der Waals surface area (Å²) in [4.78, 5) is 18.3. The van der Waals surface area contributed by atoms with Gasteiger partial charge in [0.15, 0.2) is 0 Å². The fourth-order valence-electron chi connectivity index (χ4n) is 4.72. The van der Waals surface area contributed by atoms with Gasteiger partial charge in [-0.15, -0.1) is 0 Å². The first-order valence-corrected chi connectivity index (χ1v) is 11.6. The molecule has 7 nitrogen and oxygen atoms in total. The van der Waals surface area contributed by atoms with Crippen LogP contribution in [0.1, 0.15) is 20.3 Å². The number of hydrogen-bond acceptors (Lipinski definition) is 7. The van der Waals surface area contributed by atoms with Gasteiger partial charge in [-0.2, -0.15) is 0 Å². The van der Waals surface area contributed by atoms with E-state index in [1.807, 2.05) is 13.1 Å². The molecular formula is C24H36FN7. The van der Waals surface area contributed by atoms with E-state index in [0.29, 0.717) is 23.2 Å². The van der Waals surface area contributed by atoms with Crippen LogP contribution in [0.4, 0.5) is 21.7 Å². The highest BCUT2D eigenvalue weighted by atomic mass is 19.1. The first-order valence-electron chi connectivity index (χ1n) is 11.6. The molecule has 8 heteroatoms. The van der Waals surface area contributed by atoms with Crippen molar-refractivity contribution in [3.05, 3.63) is 30.3 Å². The van der Waals surface area contributed by atoms with Crippen LogP contribution in [-0.2, 0) is 0 Å². The molecule has 0 spiro atoms. The number of likely N-dealkylation sites (N-methyl/N-ethyl adjacent to an activating group) is 2. The molecular weight excluding hydrogens is 405 g/mol. The summed E-state index contributed by atoms with van der Waals surface area (Å²) < 4.78 is 15.3. The second-order valence-electron chi connectivity index (χ2n) is 9.28. The van der Waals surface area contributed by atoms with Crippen LogP contribution in [0.15, 0.2) is 24.5 Å². The molecule has 1 N–H and O–H groups in total. The van der Waals surface area contributed by atoms with Gasteiger partial charge in [0.05, 0.1) is 11.4 Å². The van der Waals surface area contributed by atoms with Crippen molar-refractivity contribution in [1.82, 2.24) is 19.8 Å². The fraction of sp³-hybridized carbons (Fsp3) is 0.583. The van der Waals surface area contributed by atoms with Gasteiger partial charge in [0, 0.05) is 75.4 Å². The van der Waals surface area contributed by atoms with Crippen molar-refractivity contribution in [2.45, 2.75) is 32.4 Å². The Labute approximate surface area is 191 Å². The average Bonchev–Trinajstić information content (AvgIpc) is 3.01. The maximum absolute atomic E-state index is 15.3. The van der Waals surface area contributed by atoms with Gasteiger partial charge in [0.1, 0.15) is 5.82 Å². The zero-order valence-electron chi connectivity index (χ0n) is 20.0. The second kappa shape index (κ2) is 9.58. The van der Waals surface area contributed by atoms with Gasteiger partial charge < -0.3 is 20.0 Å². The van der Waals surface area contributed by atoms with E-state index >= 15 is 4.39 Å². The molecule has 2 fully saturated rings. The Morgan fingerprint density at radius 2 is 1.62 bits per heavy atom. The number of nitrogens with zero attached hydrogens (tertiary/aromatic N) is 6. The largest absolute Gasteiger partial charge is 0.386 e. The molecule has 2 aliphatic heterocycles. The summed E-state index contributed by atoms with van der Waals surface area (Å²) in [6, 6.07) is 4.36. The molecule has 2 unspecified atom stereocenters. The lowest BCUT2D eigenvalue weighted by Crippen LogP contribution is -2.55. The van der Waals surface area contributed by atoms with Crippen LogP contribution in [0.25, 0.3) is 11.1 Å². The van der Waals surface area contributed by atoms with Crippen molar-refractivity contribution in [1.29, 1.82) is 0 Å². The quantitative estimate of drug-likeness (QED) is 0.783. The van der Waals surface area contributed by atoms with E-state index < -0.39 is 0 Å². The molecule has 1 aromatic heterocycles. The lowest BCUT2D eigenvalue weighted by Gasteiger charge is -2.44. The minimum Gasteiger partial charge on any atom is -0.386 e. The second-order valence-corrected chi connectivity index (χ2v) is 9.28. The summed E-state index contributed by atoms with van der Waals surface area (Å²) in [6.07, 6.45) is 4.58. The van der Waals surface area contributed by atoms with Crippen molar-refractivity contribution in [3.63, 3.8) is 0 Å². The molecule has 0 radical (unpaired) electrons. The maximum atomic E-state index is 15.3. The van der Waals surface area contributed by atoms with E-state index in [0.717, 1.165) is 63.0 Å². The number of aromatic nitrogens is 2. The Hall–Kier alpha value is -2.45. The van der Waals surface area contributed by atoms with Crippen molar-refractivity contribution in [3.8, 4) is 11.1 Å². The Balaban J connectivity index is 1.58. The lowest BCUT2D eigenvalue weighted by molar-refractivity contribution is 0.170. The van der Waals surface area contributed by atoms with Crippen molar-refractivity contribution in [2.75, 3.05) is 75.5 Å². The third-order valence-corrected chi connectivity index (χ3v) is 7.01. The highest BCUT2D eigenvalue weighted by Gasteiger charge is 2.28. The monoisotopic (exact) mass is 441 g/mol. The molecule has 32 heavy (non-hydrogen) atoms. The van der Waals surface area contributed by atoms with Crippen LogP contribution >= 0.6 is 0 Å². The van der Waals surface area contributed by atoms with Crippen LogP contribution in [0.3, 0.4) is 0 Å². The molecule has 2 aromatic rings. The summed E-state index contributed by atoms with van der Waals surface area (Å²) in [5.74, 6) is 0.473. The Bertz CT molecular complexity index is 907. The minimum atomic E-state index is -0.244. The molecule has 3 heterocycles. The van der Waals surface area contributed by atoms with E-state index in [2.05, 4.69) is 62.8 Å². The predicted molar refractivity (Wildman–Crippen MR) is 130 cm³/mol. The van der Waals surface area contributed by atoms with Crippen LogP contribution in [0.5, 0.6) is 0 Å². The van der Waals surface area contributed by atoms with E-state index in [1.54, 1.807) is 18.5 Å². The SMILES string of the molecule is CNc1cc(-c2cnc(N3CCCN(C)CC3)nc2)c(F)cc1N1CC(C)N(C)C(C)C1. The van der Waals surface area contributed by atoms with Gasteiger partial charge in [0.25, 0.3) is 0 Å². The Morgan fingerprint density at radius 1 is 0.938 bits per heavy atom. The number of rotatable bonds is 4. The topological polar surface area (TPSA) is 50.8 Å². The first-order chi connectivity index (χ1) is 15.4. The lowest BCUT2D eigenvalue weighted by atomic mass is 10.0. The number of anilines is 3. The molecule has 0 amide bonds. The van der Waals surface area contributed by atoms with Crippen molar-refractivity contribution < 1.29 is 4.39 Å². The van der Waals surface area contributed by atoms with Crippen molar-refractivity contribution in [2.24, 2.45) is 0 Å². The molecule has 4 rings (SSSR count). The molecule has 1 aromatic carbocycles. The van der Waals surface area contributed by atoms with Crippen LogP contribution < -0.4 is 15.1 Å². The van der Waals surface area contributed by atoms with Gasteiger partial charge in [-0.3, -0.25) is 4.90 Å². The zero-order valence-corrected chi connectivity index (χ0v) is 20.0. The smallest absolute Gasteiger partial charge is 0.225 e. The van der Waals surface area contributed by atoms with Crippen LogP contribution in [0.2, 0.25) is 0 Å². The summed E-state index contributed by atoms with van der Waals surface area (Å²) in [5, 5.41) is 3.27. The Kier molecular flexibility index (Phi) is 6.81. The molecule has 174 valence electrons. The third-order valence-electron chi connectivity index (χ3n) is 7.01. The molecule has 2 saturated heterocycles. The number of piperazine rings is 1. The van der Waals surface area contributed by atoms with E-state index in [1.165, 1.54) is 0 Å². The molecule has 0 aliphatic carbocycles. The van der Waals surface area contributed by atoms with Crippen LogP contribution in [-0.4, -0.2) is 92.3 Å². The molecule has 0 saturated carbocycles. The standard InChI is InChI=1S/C24H36FN7/c1-17-15-32(16-18(2)30(17)5)23-12-21(25)20(11-22(23)26-3)19-13-27-24(28-14-19)31-8-6-7-29(4)9-10-31/h11-14,17-18,26H,6-10,15-16H2,1-5H3. The zero-order chi connectivity index (χ0) is 22.8. The van der Waals surface area contributed by atoms with E-state index in [4.69, 9.17) is 0 Å². The summed E-state index contributed by atoms with van der Waals surface area (Å²) >= 11 is 0. The van der Waals surface area contributed by atoms with E-state index in [9.17, 15) is 0 Å². The van der Waals surface area contributed by atoms with Gasteiger partial charge in [-0.25, -0.2) is 14.4 Å². The third kappa shape index (κ3) is 4.66. The minimum absolute atomic E-state index is 0.244. The predicted octanol–water partition coefficient (Wildman–Crippen LogP) is 3.00. The van der Waals surface area contributed by atoms with Gasteiger partial charge in [-0.1, -0.05) is 0 Å². The summed E-state index contributed by atoms with van der Waals surface area (Å²) in [6.45, 7) is 10.1. The van der Waals surface area contributed by atoms with Gasteiger partial charge in [0.2, 0.25) is 5.95 Å². The van der Waals surface area contributed by atoms with E-state index in [-0.39, 0.29) is 5.82 Å². The van der Waals surface area contributed by atoms with Gasteiger partial charge >= 0.3 is 0 Å². The number of halogens is 1. The number of nitrogens with one attached hydrogen (secondary N) is 1. The molecule has 2 atom stereocenters. The summed E-state index contributed by atoms with van der Waals surface area (Å²) in [7, 11) is 6.19. The molecule has 2 aliphatic rings. The highest BCUT2D eigenvalue weighted by Crippen LogP contribution is 2.35. The van der Waals surface area contributed by atoms with Crippen molar-refractivity contribution >= 4 is 17.3 Å². The first kappa shape index (κ1) is 22.7. The average molecular weight is 442 g/mol. The van der Waals surface area contributed by atoms with Crippen LogP contribution in [0, 0.1) is 5.82 Å². The maximum Gasteiger partial charge on any atom is 0.225 e. The highest BCUT2D eigenvalue weighted by molar-refractivity contribution is 5.78. The number of hydrogen-bond donors (Lipinski definition) is 1.